The molecule has 0 aromatic heterocycles. The van der Waals surface area contributed by atoms with E-state index in [1.54, 1.807) is 49.9 Å². The zero-order chi connectivity index (χ0) is 14.9. The molecular weight excluding hydrogens is 279 g/mol. The van der Waals surface area contributed by atoms with Crippen molar-refractivity contribution in [2.75, 3.05) is 0 Å². The third-order valence-electron chi connectivity index (χ3n) is 4.99. The van der Waals surface area contributed by atoms with Crippen molar-refractivity contribution in [3.8, 4) is 0 Å². The summed E-state index contributed by atoms with van der Waals surface area (Å²) >= 11 is 0. The van der Waals surface area contributed by atoms with Crippen molar-refractivity contribution in [2.45, 2.75) is 64.2 Å². The number of benzene rings is 1. The van der Waals surface area contributed by atoms with Crippen LogP contribution >= 0.6 is 8.03 Å². The number of hydrogen-bond acceptors (Lipinski definition) is 1. The van der Waals surface area contributed by atoms with Gasteiger partial charge in [0.2, 0.25) is 8.03 Å². The summed E-state index contributed by atoms with van der Waals surface area (Å²) in [6.07, 6.45) is 15.4. The maximum Gasteiger partial charge on any atom is 0.218 e. The Morgan fingerprint density at radius 3 is 1.52 bits per heavy atom. The van der Waals surface area contributed by atoms with Crippen LogP contribution in [0.1, 0.15) is 64.2 Å². The first-order valence-corrected chi connectivity index (χ1v) is 9.91. The van der Waals surface area contributed by atoms with Crippen molar-refractivity contribution >= 4 is 13.3 Å². The minimum atomic E-state index is -2.46. The van der Waals surface area contributed by atoms with E-state index in [2.05, 4.69) is 0 Å². The highest BCUT2D eigenvalue weighted by molar-refractivity contribution is 7.47. The summed E-state index contributed by atoms with van der Waals surface area (Å²) in [5.41, 5.74) is 0. The fourth-order valence-electron chi connectivity index (χ4n) is 3.79. The molecule has 3 heteroatoms. The molecule has 0 bridgehead atoms. The summed E-state index contributed by atoms with van der Waals surface area (Å²) in [5.74, 6) is 2.28. The van der Waals surface area contributed by atoms with E-state index in [9.17, 15) is 4.57 Å². The van der Waals surface area contributed by atoms with Crippen molar-refractivity contribution < 1.29 is 9.46 Å². The van der Waals surface area contributed by atoms with Gasteiger partial charge < -0.3 is 4.89 Å². The average Bonchev–Trinajstić information content (AvgIpc) is 2.58. The lowest BCUT2D eigenvalue weighted by molar-refractivity contribution is 0.196. The molecule has 2 saturated carbocycles. The Morgan fingerprint density at radius 1 is 0.762 bits per heavy atom. The quantitative estimate of drug-likeness (QED) is 0.787. The van der Waals surface area contributed by atoms with Crippen molar-refractivity contribution in [3.63, 3.8) is 0 Å². The van der Waals surface area contributed by atoms with Gasteiger partial charge in [-0.05, 0) is 24.0 Å². The topological polar surface area (TPSA) is 37.3 Å². The Hall–Kier alpha value is -0.590. The summed E-state index contributed by atoms with van der Waals surface area (Å²) in [5, 5.41) is 0.516. The van der Waals surface area contributed by atoms with E-state index in [1.807, 2.05) is 6.07 Å². The summed E-state index contributed by atoms with van der Waals surface area (Å²) in [6, 6.07) is 8.58. The Bertz CT molecular complexity index is 390. The van der Waals surface area contributed by atoms with E-state index < -0.39 is 8.03 Å². The van der Waals surface area contributed by atoms with E-state index in [-0.39, 0.29) is 0 Å². The molecule has 1 unspecified atom stereocenters. The molecule has 0 radical (unpaired) electrons. The monoisotopic (exact) mass is 308 g/mol. The van der Waals surface area contributed by atoms with Gasteiger partial charge in [0.05, 0.1) is 0 Å². The first kappa shape index (κ1) is 16.8. The molecule has 1 atom stereocenters. The molecule has 0 amide bonds. The Morgan fingerprint density at radius 2 is 1.19 bits per heavy atom. The van der Waals surface area contributed by atoms with Crippen LogP contribution in [0.4, 0.5) is 0 Å². The molecule has 1 aromatic rings. The van der Waals surface area contributed by atoms with Crippen LogP contribution < -0.4 is 5.30 Å². The molecule has 2 nitrogen and oxygen atoms in total. The van der Waals surface area contributed by atoms with Crippen LogP contribution in [0.5, 0.6) is 0 Å². The summed E-state index contributed by atoms with van der Waals surface area (Å²) in [4.78, 5) is 8.57. The van der Waals surface area contributed by atoms with Gasteiger partial charge in [0.25, 0.3) is 0 Å². The van der Waals surface area contributed by atoms with Gasteiger partial charge in [0.1, 0.15) is 0 Å². The maximum absolute atomic E-state index is 10.4. The fourth-order valence-corrected chi connectivity index (χ4v) is 4.27. The zero-order valence-electron chi connectivity index (χ0n) is 13.0. The molecule has 2 aliphatic carbocycles. The van der Waals surface area contributed by atoms with Gasteiger partial charge in [-0.15, -0.1) is 0 Å². The van der Waals surface area contributed by atoms with Crippen molar-refractivity contribution in [1.29, 1.82) is 0 Å². The lowest BCUT2D eigenvalue weighted by atomic mass is 9.73. The Kier molecular flexibility index (Phi) is 7.53. The molecule has 0 saturated heterocycles. The molecule has 1 aromatic carbocycles. The van der Waals surface area contributed by atoms with Gasteiger partial charge in [0, 0.05) is 5.30 Å². The van der Waals surface area contributed by atoms with Gasteiger partial charge in [0.15, 0.2) is 0 Å². The van der Waals surface area contributed by atoms with Crippen LogP contribution in [0, 0.1) is 11.8 Å². The Labute approximate surface area is 129 Å². The van der Waals surface area contributed by atoms with Crippen molar-refractivity contribution in [1.82, 2.24) is 0 Å². The highest BCUT2D eigenvalue weighted by Gasteiger charge is 2.24. The number of hydrogen-bond donors (Lipinski definition) is 1. The molecule has 2 aliphatic rings. The minimum absolute atomic E-state index is 0.516. The predicted molar refractivity (Wildman–Crippen MR) is 90.4 cm³/mol. The maximum atomic E-state index is 10.4. The SMILES string of the molecule is C1CCC(C2CCCCC2)CC1.O=[PH](O)c1ccccc1. The van der Waals surface area contributed by atoms with E-state index in [1.165, 1.54) is 38.5 Å². The van der Waals surface area contributed by atoms with Crippen LogP contribution in [-0.2, 0) is 4.57 Å². The molecule has 21 heavy (non-hydrogen) atoms. The number of rotatable bonds is 2. The van der Waals surface area contributed by atoms with Gasteiger partial charge in [-0.3, -0.25) is 4.57 Å². The summed E-state index contributed by atoms with van der Waals surface area (Å²) in [6.45, 7) is 0. The summed E-state index contributed by atoms with van der Waals surface area (Å²) in [7, 11) is -2.46. The molecular formula is C18H29O2P. The first-order chi connectivity index (χ1) is 10.3. The highest BCUT2D eigenvalue weighted by Crippen LogP contribution is 2.37. The van der Waals surface area contributed by atoms with E-state index >= 15 is 0 Å². The van der Waals surface area contributed by atoms with Crippen molar-refractivity contribution in [2.24, 2.45) is 11.8 Å². The fraction of sp³-hybridized carbons (Fsp3) is 0.667. The third-order valence-corrected chi connectivity index (χ3v) is 5.81. The zero-order valence-corrected chi connectivity index (χ0v) is 14.0. The lowest BCUT2D eigenvalue weighted by Crippen LogP contribution is -2.20. The molecule has 118 valence electrons. The molecule has 0 aliphatic heterocycles. The van der Waals surface area contributed by atoms with Gasteiger partial charge in [-0.25, -0.2) is 0 Å². The van der Waals surface area contributed by atoms with E-state index in [0.717, 1.165) is 11.8 Å². The van der Waals surface area contributed by atoms with E-state index in [4.69, 9.17) is 4.89 Å². The van der Waals surface area contributed by atoms with Gasteiger partial charge in [-0.2, -0.15) is 0 Å². The molecule has 3 rings (SSSR count). The first-order valence-electron chi connectivity index (χ1n) is 8.55. The third kappa shape index (κ3) is 5.96. The summed E-state index contributed by atoms with van der Waals surface area (Å²) < 4.78 is 10.4. The lowest BCUT2D eigenvalue weighted by Gasteiger charge is -2.32. The van der Waals surface area contributed by atoms with Crippen LogP contribution in [0.25, 0.3) is 0 Å². The van der Waals surface area contributed by atoms with Gasteiger partial charge >= 0.3 is 0 Å². The van der Waals surface area contributed by atoms with Crippen LogP contribution in [-0.4, -0.2) is 4.89 Å². The second-order valence-corrected chi connectivity index (χ2v) is 7.66. The molecule has 1 N–H and O–H groups in total. The second-order valence-electron chi connectivity index (χ2n) is 6.47. The predicted octanol–water partition coefficient (Wildman–Crippen LogP) is 4.93. The van der Waals surface area contributed by atoms with E-state index in [0.29, 0.717) is 5.30 Å². The molecule has 0 heterocycles. The normalized spacial score (nSPS) is 22.1. The minimum Gasteiger partial charge on any atom is -0.343 e. The van der Waals surface area contributed by atoms with Gasteiger partial charge in [-0.1, -0.05) is 82.4 Å². The van der Waals surface area contributed by atoms with Crippen LogP contribution in [0.2, 0.25) is 0 Å². The second kappa shape index (κ2) is 9.43. The molecule has 0 spiro atoms. The molecule has 2 fully saturated rings. The largest absolute Gasteiger partial charge is 0.343 e. The van der Waals surface area contributed by atoms with Crippen LogP contribution in [0.3, 0.4) is 0 Å². The average molecular weight is 308 g/mol. The highest BCUT2D eigenvalue weighted by atomic mass is 31.1. The smallest absolute Gasteiger partial charge is 0.218 e. The standard InChI is InChI=1S/C12H22.C6H7O2P/c1-3-7-11(8-4-1)12-9-5-2-6-10-12;7-9(8)6-4-2-1-3-5-6/h11-12H,1-10H2;1-5,9H,(H,7,8). The van der Waals surface area contributed by atoms with Crippen LogP contribution in [0.15, 0.2) is 30.3 Å². The Balaban J connectivity index is 0.000000161. The van der Waals surface area contributed by atoms with Crippen molar-refractivity contribution in [3.05, 3.63) is 30.3 Å².